The number of ether oxygens (including phenoxy) is 1. The van der Waals surface area contributed by atoms with E-state index in [0.717, 1.165) is 47.5 Å². The molecule has 0 atom stereocenters. The number of rotatable bonds is 4. The summed E-state index contributed by atoms with van der Waals surface area (Å²) in [6, 6.07) is 12.9. The van der Waals surface area contributed by atoms with Crippen molar-refractivity contribution in [3.63, 3.8) is 0 Å². The maximum absolute atomic E-state index is 13.8. The van der Waals surface area contributed by atoms with Gasteiger partial charge in [0.05, 0.1) is 23.8 Å². The number of thiazole rings is 1. The fraction of sp³-hybridized carbons (Fsp3) is 0.333. The highest BCUT2D eigenvalue weighted by atomic mass is 32.1. The fourth-order valence-corrected chi connectivity index (χ4v) is 4.66. The molecule has 1 aromatic heterocycles. The summed E-state index contributed by atoms with van der Waals surface area (Å²) in [6.45, 7) is 4.47. The first kappa shape index (κ1) is 18.3. The van der Waals surface area contributed by atoms with Crippen LogP contribution in [0.3, 0.4) is 0 Å². The second-order valence-corrected chi connectivity index (χ2v) is 8.33. The second kappa shape index (κ2) is 7.61. The zero-order valence-corrected chi connectivity index (χ0v) is 16.6. The minimum atomic E-state index is -0.305. The molecule has 6 nitrogen and oxygen atoms in total. The minimum Gasteiger partial charge on any atom is -0.378 e. The molecule has 2 fully saturated rings. The van der Waals surface area contributed by atoms with Crippen molar-refractivity contribution in [3.05, 3.63) is 48.3 Å². The summed E-state index contributed by atoms with van der Waals surface area (Å²) in [7, 11) is 0. The summed E-state index contributed by atoms with van der Waals surface area (Å²) in [5.74, 6) is -0.390. The van der Waals surface area contributed by atoms with Crippen molar-refractivity contribution in [2.45, 2.75) is 0 Å². The number of halogens is 1. The van der Waals surface area contributed by atoms with Crippen LogP contribution in [0.5, 0.6) is 0 Å². The Morgan fingerprint density at radius 1 is 1.10 bits per heavy atom. The van der Waals surface area contributed by atoms with E-state index in [-0.39, 0.29) is 17.6 Å². The van der Waals surface area contributed by atoms with E-state index < -0.39 is 0 Å². The van der Waals surface area contributed by atoms with Crippen molar-refractivity contribution in [1.29, 1.82) is 0 Å². The number of carbonyl (C=O) groups excluding carboxylic acids is 1. The van der Waals surface area contributed by atoms with Crippen LogP contribution in [0.25, 0.3) is 10.2 Å². The molecule has 2 aromatic carbocycles. The Bertz CT molecular complexity index is 1030. The Morgan fingerprint density at radius 3 is 2.59 bits per heavy atom. The highest BCUT2D eigenvalue weighted by Gasteiger charge is 2.34. The quantitative estimate of drug-likeness (QED) is 0.712. The molecule has 5 rings (SSSR count). The number of nitrogens with one attached hydrogen (secondary N) is 1. The molecule has 0 radical (unpaired) electrons. The topological polar surface area (TPSA) is 57.7 Å². The molecule has 3 aromatic rings. The first-order valence-corrected chi connectivity index (χ1v) is 10.5. The number of aromatic nitrogens is 1. The molecular formula is C21H21FN4O2S. The predicted molar refractivity (Wildman–Crippen MR) is 113 cm³/mol. The first-order valence-electron chi connectivity index (χ1n) is 9.71. The molecular weight excluding hydrogens is 391 g/mol. The van der Waals surface area contributed by atoms with Gasteiger partial charge in [-0.1, -0.05) is 17.4 Å². The number of para-hydroxylation sites is 1. The Balaban J connectivity index is 1.17. The van der Waals surface area contributed by atoms with Crippen LogP contribution in [0.15, 0.2) is 42.5 Å². The lowest BCUT2D eigenvalue weighted by Gasteiger charge is -2.38. The zero-order valence-electron chi connectivity index (χ0n) is 15.8. The molecule has 0 aliphatic carbocycles. The van der Waals surface area contributed by atoms with Gasteiger partial charge in [-0.15, -0.1) is 0 Å². The lowest BCUT2D eigenvalue weighted by Crippen LogP contribution is -2.52. The van der Waals surface area contributed by atoms with Gasteiger partial charge in [0.2, 0.25) is 5.91 Å². The fourth-order valence-electron chi connectivity index (χ4n) is 3.66. The van der Waals surface area contributed by atoms with E-state index in [1.807, 2.05) is 35.2 Å². The molecule has 0 bridgehead atoms. The van der Waals surface area contributed by atoms with Crippen LogP contribution in [-0.2, 0) is 9.53 Å². The largest absolute Gasteiger partial charge is 0.378 e. The highest BCUT2D eigenvalue weighted by molar-refractivity contribution is 7.22. The van der Waals surface area contributed by atoms with Gasteiger partial charge in [0, 0.05) is 37.6 Å². The third kappa shape index (κ3) is 3.65. The predicted octanol–water partition coefficient (Wildman–Crippen LogP) is 3.35. The monoisotopic (exact) mass is 412 g/mol. The molecule has 1 N–H and O–H groups in total. The third-order valence-electron chi connectivity index (χ3n) is 5.39. The molecule has 150 valence electrons. The van der Waals surface area contributed by atoms with Gasteiger partial charge in [0.1, 0.15) is 11.3 Å². The van der Waals surface area contributed by atoms with Crippen LogP contribution in [0, 0.1) is 11.7 Å². The van der Waals surface area contributed by atoms with Gasteiger partial charge in [-0.2, -0.15) is 0 Å². The number of carbonyl (C=O) groups is 1. The minimum absolute atomic E-state index is 0.00710. The maximum atomic E-state index is 13.8. The SMILES string of the molecule is O=C(Nc1ccc(N2CCOCC2)cc1)C1CN(c2nc3c(F)cccc3s2)C1. The number of hydrogen-bond donors (Lipinski definition) is 1. The van der Waals surface area contributed by atoms with Crippen molar-refractivity contribution in [1.82, 2.24) is 4.98 Å². The Morgan fingerprint density at radius 2 is 1.86 bits per heavy atom. The molecule has 29 heavy (non-hydrogen) atoms. The number of amides is 1. The van der Waals surface area contributed by atoms with E-state index in [2.05, 4.69) is 15.2 Å². The van der Waals surface area contributed by atoms with Gasteiger partial charge >= 0.3 is 0 Å². The van der Waals surface area contributed by atoms with E-state index in [0.29, 0.717) is 18.6 Å². The lowest BCUT2D eigenvalue weighted by atomic mass is 10.00. The van der Waals surface area contributed by atoms with Crippen LogP contribution in [-0.4, -0.2) is 50.3 Å². The molecule has 2 aliphatic heterocycles. The highest BCUT2D eigenvalue weighted by Crippen LogP contribution is 2.34. The number of hydrogen-bond acceptors (Lipinski definition) is 6. The Kier molecular flexibility index (Phi) is 4.81. The number of anilines is 3. The smallest absolute Gasteiger partial charge is 0.231 e. The van der Waals surface area contributed by atoms with Crippen LogP contribution >= 0.6 is 11.3 Å². The molecule has 3 heterocycles. The summed E-state index contributed by atoms with van der Waals surface area (Å²) in [6.07, 6.45) is 0. The first-order chi connectivity index (χ1) is 14.2. The van der Waals surface area contributed by atoms with Crippen molar-refractivity contribution >= 4 is 44.0 Å². The average molecular weight is 412 g/mol. The van der Waals surface area contributed by atoms with Crippen LogP contribution in [0.1, 0.15) is 0 Å². The third-order valence-corrected chi connectivity index (χ3v) is 6.47. The van der Waals surface area contributed by atoms with Gasteiger partial charge in [-0.3, -0.25) is 4.79 Å². The number of morpholine rings is 1. The number of fused-ring (bicyclic) bond motifs is 1. The molecule has 0 unspecified atom stereocenters. The van der Waals surface area contributed by atoms with Crippen molar-refractivity contribution in [2.24, 2.45) is 5.92 Å². The van der Waals surface area contributed by atoms with Gasteiger partial charge in [-0.05, 0) is 36.4 Å². The van der Waals surface area contributed by atoms with Crippen LogP contribution in [0.4, 0.5) is 20.9 Å². The summed E-state index contributed by atoms with van der Waals surface area (Å²) < 4.78 is 20.0. The standard InChI is InChI=1S/C21H21FN4O2S/c22-17-2-1-3-18-19(17)24-21(29-18)26-12-14(13-26)20(27)23-15-4-6-16(7-5-15)25-8-10-28-11-9-25/h1-7,14H,8-13H2,(H,23,27). The summed E-state index contributed by atoms with van der Waals surface area (Å²) >= 11 is 1.46. The molecule has 1 amide bonds. The maximum Gasteiger partial charge on any atom is 0.231 e. The molecule has 0 spiro atoms. The van der Waals surface area contributed by atoms with Gasteiger partial charge < -0.3 is 19.9 Å². The normalized spacial score (nSPS) is 17.4. The van der Waals surface area contributed by atoms with Crippen molar-refractivity contribution < 1.29 is 13.9 Å². The van der Waals surface area contributed by atoms with Crippen molar-refractivity contribution in [3.8, 4) is 0 Å². The van der Waals surface area contributed by atoms with E-state index in [9.17, 15) is 9.18 Å². The van der Waals surface area contributed by atoms with Crippen LogP contribution in [0.2, 0.25) is 0 Å². The number of nitrogens with zero attached hydrogens (tertiary/aromatic N) is 3. The van der Waals surface area contributed by atoms with Gasteiger partial charge in [0.25, 0.3) is 0 Å². The Hall–Kier alpha value is -2.71. The van der Waals surface area contributed by atoms with E-state index >= 15 is 0 Å². The average Bonchev–Trinajstić information content (AvgIpc) is 3.13. The molecule has 0 saturated carbocycles. The zero-order chi connectivity index (χ0) is 19.8. The van der Waals surface area contributed by atoms with Gasteiger partial charge in [0.15, 0.2) is 5.13 Å². The molecule has 2 saturated heterocycles. The summed E-state index contributed by atoms with van der Waals surface area (Å²) in [5, 5.41) is 3.76. The second-order valence-electron chi connectivity index (χ2n) is 7.32. The lowest BCUT2D eigenvalue weighted by molar-refractivity contribution is -0.120. The van der Waals surface area contributed by atoms with Gasteiger partial charge in [-0.25, -0.2) is 9.37 Å². The summed E-state index contributed by atoms with van der Waals surface area (Å²) in [4.78, 5) is 21.2. The van der Waals surface area contributed by atoms with E-state index in [1.165, 1.54) is 17.4 Å². The molecule has 2 aliphatic rings. The van der Waals surface area contributed by atoms with E-state index in [4.69, 9.17) is 4.74 Å². The van der Waals surface area contributed by atoms with E-state index in [1.54, 1.807) is 6.07 Å². The van der Waals surface area contributed by atoms with Crippen molar-refractivity contribution in [2.75, 3.05) is 54.5 Å². The van der Waals surface area contributed by atoms with Crippen LogP contribution < -0.4 is 15.1 Å². The summed E-state index contributed by atoms with van der Waals surface area (Å²) in [5.41, 5.74) is 2.34. The molecule has 8 heteroatoms. The Labute approximate surface area is 171 Å². The number of benzene rings is 2.